The van der Waals surface area contributed by atoms with Gasteiger partial charge in [0, 0.05) is 11.3 Å². The second-order valence-corrected chi connectivity index (χ2v) is 4.90. The van der Waals surface area contributed by atoms with Crippen LogP contribution in [0.1, 0.15) is 10.6 Å². The predicted molar refractivity (Wildman–Crippen MR) is 84.1 cm³/mol. The molecule has 0 fully saturated rings. The zero-order valence-electron chi connectivity index (χ0n) is 12.3. The van der Waals surface area contributed by atoms with Crippen molar-refractivity contribution in [3.8, 4) is 23.1 Å². The van der Waals surface area contributed by atoms with Gasteiger partial charge in [0.25, 0.3) is 11.8 Å². The Kier molecular flexibility index (Phi) is 3.43. The number of carbonyl (C=O) groups is 1. The Morgan fingerprint density at radius 1 is 0.917 bits per heavy atom. The van der Waals surface area contributed by atoms with Crippen molar-refractivity contribution in [2.24, 2.45) is 0 Å². The fourth-order valence-electron chi connectivity index (χ4n) is 2.17. The number of carbonyl (C=O) groups excluding carboxylic acids is 1. The van der Waals surface area contributed by atoms with E-state index in [1.807, 2.05) is 6.07 Å². The van der Waals surface area contributed by atoms with Gasteiger partial charge in [0.1, 0.15) is 0 Å². The Hall–Kier alpha value is -3.61. The summed E-state index contributed by atoms with van der Waals surface area (Å²) in [5.74, 6) is 1.02. The SMILES string of the molecule is O=C(Nc1cccc(-c2nnc(-c3ccco3)o2)c1)c1ccco1. The fourth-order valence-corrected chi connectivity index (χ4v) is 2.17. The standard InChI is InChI=1S/C17H11N3O4/c21-15(13-6-2-8-22-13)18-12-5-1-4-11(10-12)16-19-20-17(24-16)14-7-3-9-23-14/h1-10H,(H,18,21). The van der Waals surface area contributed by atoms with Crippen LogP contribution in [0.2, 0.25) is 0 Å². The van der Waals surface area contributed by atoms with Crippen LogP contribution in [0, 0.1) is 0 Å². The lowest BCUT2D eigenvalue weighted by Gasteiger charge is -2.04. The van der Waals surface area contributed by atoms with Gasteiger partial charge in [0.2, 0.25) is 5.89 Å². The molecule has 0 saturated heterocycles. The van der Waals surface area contributed by atoms with E-state index in [0.29, 0.717) is 28.8 Å². The van der Waals surface area contributed by atoms with E-state index >= 15 is 0 Å². The van der Waals surface area contributed by atoms with Gasteiger partial charge in [-0.1, -0.05) is 6.07 Å². The van der Waals surface area contributed by atoms with Crippen LogP contribution in [0.25, 0.3) is 23.1 Å². The van der Waals surface area contributed by atoms with E-state index in [-0.39, 0.29) is 11.7 Å². The minimum absolute atomic E-state index is 0.235. The monoisotopic (exact) mass is 321 g/mol. The second kappa shape index (κ2) is 5.88. The molecule has 0 aliphatic rings. The Morgan fingerprint density at radius 2 is 1.75 bits per heavy atom. The molecular weight excluding hydrogens is 310 g/mol. The molecule has 1 amide bonds. The molecule has 0 radical (unpaired) electrons. The van der Waals surface area contributed by atoms with Crippen molar-refractivity contribution < 1.29 is 18.0 Å². The lowest BCUT2D eigenvalue weighted by molar-refractivity contribution is 0.0996. The minimum atomic E-state index is -0.334. The number of rotatable bonds is 4. The van der Waals surface area contributed by atoms with Crippen LogP contribution in [0.4, 0.5) is 5.69 Å². The quantitative estimate of drug-likeness (QED) is 0.613. The highest BCUT2D eigenvalue weighted by atomic mass is 16.4. The summed E-state index contributed by atoms with van der Waals surface area (Å²) in [6.07, 6.45) is 2.98. The molecule has 0 unspecified atom stereocenters. The highest BCUT2D eigenvalue weighted by Crippen LogP contribution is 2.26. The molecule has 0 spiro atoms. The molecule has 3 aromatic heterocycles. The first-order chi connectivity index (χ1) is 11.8. The number of nitrogens with zero attached hydrogens (tertiary/aromatic N) is 2. The lowest BCUT2D eigenvalue weighted by atomic mass is 10.2. The maximum Gasteiger partial charge on any atom is 0.291 e. The van der Waals surface area contributed by atoms with Crippen molar-refractivity contribution in [1.82, 2.24) is 10.2 Å². The predicted octanol–water partition coefficient (Wildman–Crippen LogP) is 3.84. The molecule has 7 heteroatoms. The van der Waals surface area contributed by atoms with E-state index in [0.717, 1.165) is 0 Å². The molecule has 0 atom stereocenters. The van der Waals surface area contributed by atoms with Gasteiger partial charge in [-0.2, -0.15) is 0 Å². The number of anilines is 1. The Labute approximate surface area is 135 Å². The maximum atomic E-state index is 12.0. The van der Waals surface area contributed by atoms with E-state index in [2.05, 4.69) is 15.5 Å². The van der Waals surface area contributed by atoms with Crippen molar-refractivity contribution in [2.75, 3.05) is 5.32 Å². The van der Waals surface area contributed by atoms with Gasteiger partial charge in [0.05, 0.1) is 12.5 Å². The lowest BCUT2D eigenvalue weighted by Crippen LogP contribution is -2.10. The molecule has 0 aliphatic heterocycles. The molecule has 1 aromatic carbocycles. The van der Waals surface area contributed by atoms with Crippen molar-refractivity contribution in [1.29, 1.82) is 0 Å². The Bertz CT molecular complexity index is 956. The summed E-state index contributed by atoms with van der Waals surface area (Å²) in [7, 11) is 0. The summed E-state index contributed by atoms with van der Waals surface area (Å²) in [6, 6.07) is 13.8. The van der Waals surface area contributed by atoms with E-state index in [9.17, 15) is 4.79 Å². The summed E-state index contributed by atoms with van der Waals surface area (Å²) in [5.41, 5.74) is 1.27. The van der Waals surface area contributed by atoms with E-state index < -0.39 is 0 Å². The van der Waals surface area contributed by atoms with Crippen molar-refractivity contribution in [2.45, 2.75) is 0 Å². The molecule has 1 N–H and O–H groups in total. The van der Waals surface area contributed by atoms with Crippen LogP contribution < -0.4 is 5.32 Å². The van der Waals surface area contributed by atoms with Gasteiger partial charge in [-0.15, -0.1) is 10.2 Å². The molecule has 4 aromatic rings. The molecule has 3 heterocycles. The number of hydrogen-bond acceptors (Lipinski definition) is 6. The van der Waals surface area contributed by atoms with Gasteiger partial charge in [-0.3, -0.25) is 4.79 Å². The first-order valence-electron chi connectivity index (χ1n) is 7.12. The molecule has 24 heavy (non-hydrogen) atoms. The molecular formula is C17H11N3O4. The Balaban J connectivity index is 1.58. The topological polar surface area (TPSA) is 94.3 Å². The van der Waals surface area contributed by atoms with Crippen LogP contribution in [0.3, 0.4) is 0 Å². The number of hydrogen-bond donors (Lipinski definition) is 1. The molecule has 0 aliphatic carbocycles. The summed E-state index contributed by atoms with van der Waals surface area (Å²) in [6.45, 7) is 0. The third-order valence-electron chi connectivity index (χ3n) is 3.27. The van der Waals surface area contributed by atoms with E-state index in [4.69, 9.17) is 13.3 Å². The molecule has 0 bridgehead atoms. The van der Waals surface area contributed by atoms with Crippen molar-refractivity contribution in [3.63, 3.8) is 0 Å². The first-order valence-corrected chi connectivity index (χ1v) is 7.12. The van der Waals surface area contributed by atoms with Crippen LogP contribution in [0.15, 0.2) is 74.3 Å². The summed E-state index contributed by atoms with van der Waals surface area (Å²) in [5, 5.41) is 10.7. The number of benzene rings is 1. The van der Waals surface area contributed by atoms with Crippen LogP contribution >= 0.6 is 0 Å². The number of furan rings is 2. The van der Waals surface area contributed by atoms with Crippen LogP contribution in [-0.2, 0) is 0 Å². The molecule has 0 saturated carbocycles. The van der Waals surface area contributed by atoms with Gasteiger partial charge >= 0.3 is 0 Å². The number of amides is 1. The molecule has 118 valence electrons. The largest absolute Gasteiger partial charge is 0.459 e. The smallest absolute Gasteiger partial charge is 0.291 e. The van der Waals surface area contributed by atoms with Crippen molar-refractivity contribution >= 4 is 11.6 Å². The average Bonchev–Trinajstić information content (AvgIpc) is 3.36. The third-order valence-corrected chi connectivity index (χ3v) is 3.27. The van der Waals surface area contributed by atoms with Gasteiger partial charge in [-0.05, 0) is 42.5 Å². The molecule has 7 nitrogen and oxygen atoms in total. The minimum Gasteiger partial charge on any atom is -0.459 e. The zero-order chi connectivity index (χ0) is 16.4. The maximum absolute atomic E-state index is 12.0. The highest BCUT2D eigenvalue weighted by Gasteiger charge is 2.14. The normalized spacial score (nSPS) is 10.7. The highest BCUT2D eigenvalue weighted by molar-refractivity contribution is 6.02. The van der Waals surface area contributed by atoms with Gasteiger partial charge in [-0.25, -0.2) is 0 Å². The first kappa shape index (κ1) is 14.0. The second-order valence-electron chi connectivity index (χ2n) is 4.90. The van der Waals surface area contributed by atoms with Crippen LogP contribution in [0.5, 0.6) is 0 Å². The average molecular weight is 321 g/mol. The van der Waals surface area contributed by atoms with Gasteiger partial charge in [0.15, 0.2) is 11.5 Å². The van der Waals surface area contributed by atoms with E-state index in [1.165, 1.54) is 12.5 Å². The summed E-state index contributed by atoms with van der Waals surface area (Å²) in [4.78, 5) is 12.0. The number of aromatic nitrogens is 2. The Morgan fingerprint density at radius 3 is 2.54 bits per heavy atom. The van der Waals surface area contributed by atoms with Crippen LogP contribution in [-0.4, -0.2) is 16.1 Å². The fraction of sp³-hybridized carbons (Fsp3) is 0. The third kappa shape index (κ3) is 2.70. The zero-order valence-corrected chi connectivity index (χ0v) is 12.3. The summed E-state index contributed by atoms with van der Waals surface area (Å²) < 4.78 is 15.9. The molecule has 4 rings (SSSR count). The van der Waals surface area contributed by atoms with E-state index in [1.54, 1.807) is 42.5 Å². The van der Waals surface area contributed by atoms with Gasteiger partial charge < -0.3 is 18.6 Å². The van der Waals surface area contributed by atoms with Crippen molar-refractivity contribution in [3.05, 3.63) is 66.8 Å². The number of nitrogens with one attached hydrogen (secondary N) is 1. The summed E-state index contributed by atoms with van der Waals surface area (Å²) >= 11 is 0.